The lowest BCUT2D eigenvalue weighted by atomic mass is 9.92. The third kappa shape index (κ3) is 3.87. The second-order valence-corrected chi connectivity index (χ2v) is 5.46. The summed E-state index contributed by atoms with van der Waals surface area (Å²) < 4.78 is 5.39. The number of carbonyl (C=O) groups excluding carboxylic acids is 1. The molecule has 0 aromatic heterocycles. The van der Waals surface area contributed by atoms with Crippen LogP contribution in [0.1, 0.15) is 51.9 Å². The standard InChI is InChI=1S/C14H26N2O2/c1-2-15-14(17)18-13-8-10-16(11-9-13)12-6-4-3-5-7-12/h12-13H,2-11H2,1H3,(H,15,17). The molecule has 104 valence electrons. The van der Waals surface area contributed by atoms with Gasteiger partial charge in [0.15, 0.2) is 0 Å². The maximum Gasteiger partial charge on any atom is 0.407 e. The first kappa shape index (κ1) is 13.7. The highest BCUT2D eigenvalue weighted by Crippen LogP contribution is 2.25. The van der Waals surface area contributed by atoms with Crippen LogP contribution in [0.5, 0.6) is 0 Å². The Morgan fingerprint density at radius 3 is 2.44 bits per heavy atom. The smallest absolute Gasteiger partial charge is 0.407 e. The van der Waals surface area contributed by atoms with Crippen molar-refractivity contribution in [3.05, 3.63) is 0 Å². The Morgan fingerprint density at radius 2 is 1.83 bits per heavy atom. The summed E-state index contributed by atoms with van der Waals surface area (Å²) in [4.78, 5) is 14.0. The predicted octanol–water partition coefficient (Wildman–Crippen LogP) is 2.53. The van der Waals surface area contributed by atoms with Gasteiger partial charge in [-0.05, 0) is 32.6 Å². The number of likely N-dealkylation sites (tertiary alicyclic amines) is 1. The molecule has 0 aromatic carbocycles. The van der Waals surface area contributed by atoms with Gasteiger partial charge in [0.1, 0.15) is 6.10 Å². The second kappa shape index (κ2) is 6.98. The summed E-state index contributed by atoms with van der Waals surface area (Å²) in [7, 11) is 0. The molecule has 4 nitrogen and oxygen atoms in total. The first-order valence-electron chi connectivity index (χ1n) is 7.48. The summed E-state index contributed by atoms with van der Waals surface area (Å²) in [5, 5.41) is 2.69. The highest BCUT2D eigenvalue weighted by molar-refractivity contribution is 5.67. The van der Waals surface area contributed by atoms with Gasteiger partial charge in [-0.2, -0.15) is 0 Å². The Morgan fingerprint density at radius 1 is 1.17 bits per heavy atom. The molecule has 4 heteroatoms. The van der Waals surface area contributed by atoms with Crippen molar-refractivity contribution in [1.82, 2.24) is 10.2 Å². The summed E-state index contributed by atoms with van der Waals surface area (Å²) in [5.74, 6) is 0. The molecule has 0 bridgehead atoms. The second-order valence-electron chi connectivity index (χ2n) is 5.46. The molecule has 18 heavy (non-hydrogen) atoms. The van der Waals surface area contributed by atoms with Crippen molar-refractivity contribution < 1.29 is 9.53 Å². The number of hydrogen-bond donors (Lipinski definition) is 1. The number of piperidine rings is 1. The first-order chi connectivity index (χ1) is 8.79. The van der Waals surface area contributed by atoms with Crippen molar-refractivity contribution in [3.63, 3.8) is 0 Å². The van der Waals surface area contributed by atoms with Crippen LogP contribution in [-0.2, 0) is 4.74 Å². The minimum Gasteiger partial charge on any atom is -0.446 e. The number of nitrogens with one attached hydrogen (secondary N) is 1. The largest absolute Gasteiger partial charge is 0.446 e. The number of amides is 1. The van der Waals surface area contributed by atoms with Gasteiger partial charge in [0.2, 0.25) is 0 Å². The monoisotopic (exact) mass is 254 g/mol. The van der Waals surface area contributed by atoms with Crippen molar-refractivity contribution in [2.24, 2.45) is 0 Å². The van der Waals surface area contributed by atoms with Crippen molar-refractivity contribution in [2.75, 3.05) is 19.6 Å². The summed E-state index contributed by atoms with van der Waals surface area (Å²) in [6.07, 6.45) is 8.77. The molecule has 1 saturated carbocycles. The predicted molar refractivity (Wildman–Crippen MR) is 71.6 cm³/mol. The van der Waals surface area contributed by atoms with E-state index < -0.39 is 0 Å². The summed E-state index contributed by atoms with van der Waals surface area (Å²) in [6, 6.07) is 0.796. The van der Waals surface area contributed by atoms with E-state index in [9.17, 15) is 4.79 Å². The zero-order valence-corrected chi connectivity index (χ0v) is 11.5. The molecule has 1 aliphatic carbocycles. The minimum atomic E-state index is -0.256. The van der Waals surface area contributed by atoms with E-state index in [1.165, 1.54) is 32.1 Å². The molecule has 1 aliphatic heterocycles. The van der Waals surface area contributed by atoms with Crippen molar-refractivity contribution >= 4 is 6.09 Å². The molecule has 0 aromatic rings. The molecule has 1 amide bonds. The van der Waals surface area contributed by atoms with Crippen LogP contribution in [0.25, 0.3) is 0 Å². The molecular weight excluding hydrogens is 228 g/mol. The minimum absolute atomic E-state index is 0.122. The van der Waals surface area contributed by atoms with Crippen LogP contribution >= 0.6 is 0 Å². The highest BCUT2D eigenvalue weighted by Gasteiger charge is 2.27. The first-order valence-corrected chi connectivity index (χ1v) is 7.48. The molecule has 2 fully saturated rings. The molecule has 2 aliphatic rings. The summed E-state index contributed by atoms with van der Waals surface area (Å²) in [5.41, 5.74) is 0. The van der Waals surface area contributed by atoms with E-state index in [1.54, 1.807) is 0 Å². The van der Waals surface area contributed by atoms with Crippen LogP contribution in [0.4, 0.5) is 4.79 Å². The number of alkyl carbamates (subject to hydrolysis) is 1. The van der Waals surface area contributed by atoms with Crippen LogP contribution < -0.4 is 5.32 Å². The van der Waals surface area contributed by atoms with Crippen LogP contribution in [0.2, 0.25) is 0 Å². The van der Waals surface area contributed by atoms with Gasteiger partial charge in [-0.15, -0.1) is 0 Å². The van der Waals surface area contributed by atoms with Crippen molar-refractivity contribution in [3.8, 4) is 0 Å². The van der Waals surface area contributed by atoms with E-state index >= 15 is 0 Å². The number of nitrogens with zero attached hydrogens (tertiary/aromatic N) is 1. The molecule has 0 spiro atoms. The molecule has 2 rings (SSSR count). The van der Waals surface area contributed by atoms with Gasteiger partial charge in [0.05, 0.1) is 0 Å². The molecule has 0 atom stereocenters. The van der Waals surface area contributed by atoms with Gasteiger partial charge in [0.25, 0.3) is 0 Å². The Bertz CT molecular complexity index is 257. The number of rotatable bonds is 3. The third-order valence-corrected chi connectivity index (χ3v) is 4.16. The fourth-order valence-electron chi connectivity index (χ4n) is 3.14. The molecule has 0 unspecified atom stereocenters. The summed E-state index contributed by atoms with van der Waals surface area (Å²) >= 11 is 0. The zero-order valence-electron chi connectivity index (χ0n) is 11.5. The van der Waals surface area contributed by atoms with E-state index in [1.807, 2.05) is 6.92 Å². The average molecular weight is 254 g/mol. The van der Waals surface area contributed by atoms with Gasteiger partial charge in [-0.3, -0.25) is 0 Å². The molecule has 0 radical (unpaired) electrons. The lowest BCUT2D eigenvalue weighted by molar-refractivity contribution is 0.0316. The average Bonchev–Trinajstić information content (AvgIpc) is 2.41. The van der Waals surface area contributed by atoms with Crippen molar-refractivity contribution in [1.29, 1.82) is 0 Å². The SMILES string of the molecule is CCNC(=O)OC1CCN(C2CCCCC2)CC1. The maximum atomic E-state index is 11.3. The Kier molecular flexibility index (Phi) is 5.29. The van der Waals surface area contributed by atoms with Crippen LogP contribution in [-0.4, -0.2) is 42.8 Å². The molecule has 1 heterocycles. The zero-order chi connectivity index (χ0) is 12.8. The lowest BCUT2D eigenvalue weighted by Crippen LogP contribution is -2.45. The quantitative estimate of drug-likeness (QED) is 0.841. The lowest BCUT2D eigenvalue weighted by Gasteiger charge is -2.38. The third-order valence-electron chi connectivity index (χ3n) is 4.16. The molecule has 1 saturated heterocycles. The Labute approximate surface area is 110 Å². The van der Waals surface area contributed by atoms with Crippen LogP contribution in [0.3, 0.4) is 0 Å². The van der Waals surface area contributed by atoms with E-state index in [0.717, 1.165) is 32.0 Å². The van der Waals surface area contributed by atoms with Gasteiger partial charge >= 0.3 is 6.09 Å². The van der Waals surface area contributed by atoms with Gasteiger partial charge in [0, 0.05) is 25.7 Å². The number of ether oxygens (including phenoxy) is 1. The fourth-order valence-corrected chi connectivity index (χ4v) is 3.14. The van der Waals surface area contributed by atoms with Crippen LogP contribution in [0, 0.1) is 0 Å². The highest BCUT2D eigenvalue weighted by atomic mass is 16.6. The summed E-state index contributed by atoms with van der Waals surface area (Å²) in [6.45, 7) is 4.73. The fraction of sp³-hybridized carbons (Fsp3) is 0.929. The Hall–Kier alpha value is -0.770. The topological polar surface area (TPSA) is 41.6 Å². The van der Waals surface area contributed by atoms with Gasteiger partial charge in [-0.1, -0.05) is 19.3 Å². The Balaban J connectivity index is 1.69. The number of carbonyl (C=O) groups is 1. The van der Waals surface area contributed by atoms with Gasteiger partial charge in [-0.25, -0.2) is 4.79 Å². The molecular formula is C14H26N2O2. The molecule has 1 N–H and O–H groups in total. The maximum absolute atomic E-state index is 11.3. The van der Waals surface area contributed by atoms with Gasteiger partial charge < -0.3 is 15.0 Å². The number of hydrogen-bond acceptors (Lipinski definition) is 3. The van der Waals surface area contributed by atoms with E-state index in [0.29, 0.717) is 6.54 Å². The van der Waals surface area contributed by atoms with Crippen LogP contribution in [0.15, 0.2) is 0 Å². The van der Waals surface area contributed by atoms with E-state index in [2.05, 4.69) is 10.2 Å². The van der Waals surface area contributed by atoms with E-state index in [4.69, 9.17) is 4.74 Å². The van der Waals surface area contributed by atoms with E-state index in [-0.39, 0.29) is 12.2 Å². The normalized spacial score (nSPS) is 23.8. The van der Waals surface area contributed by atoms with Crippen molar-refractivity contribution in [2.45, 2.75) is 64.0 Å².